The predicted molar refractivity (Wildman–Crippen MR) is 102 cm³/mol. The molecule has 8 heteroatoms. The molecule has 132 valence electrons. The van der Waals surface area contributed by atoms with Gasteiger partial charge in [-0.15, -0.1) is 0 Å². The first-order valence-corrected chi connectivity index (χ1v) is 10.0. The SMILES string of the molecule is CCCc1noc(CSc2nc3ccc(Br)cc3c(=O)n2CCC)n1. The fraction of sp³-hybridized carbons (Fsp3) is 0.412. The van der Waals surface area contributed by atoms with E-state index in [2.05, 4.69) is 38.0 Å². The zero-order valence-electron chi connectivity index (χ0n) is 14.2. The number of benzene rings is 1. The quantitative estimate of drug-likeness (QED) is 0.419. The number of rotatable bonds is 7. The zero-order valence-corrected chi connectivity index (χ0v) is 16.6. The highest BCUT2D eigenvalue weighted by Gasteiger charge is 2.13. The van der Waals surface area contributed by atoms with Gasteiger partial charge in [0.25, 0.3) is 5.56 Å². The van der Waals surface area contributed by atoms with Crippen LogP contribution in [0.1, 0.15) is 38.4 Å². The van der Waals surface area contributed by atoms with Crippen LogP contribution in [0.15, 0.2) is 37.1 Å². The number of aromatic nitrogens is 4. The lowest BCUT2D eigenvalue weighted by atomic mass is 10.2. The minimum atomic E-state index is -0.0205. The molecule has 0 bridgehead atoms. The van der Waals surface area contributed by atoms with Gasteiger partial charge in [-0.2, -0.15) is 4.98 Å². The second kappa shape index (κ2) is 8.14. The maximum Gasteiger partial charge on any atom is 0.262 e. The average Bonchev–Trinajstić information content (AvgIpc) is 3.04. The summed E-state index contributed by atoms with van der Waals surface area (Å²) in [7, 11) is 0. The van der Waals surface area contributed by atoms with Crippen LogP contribution in [0.25, 0.3) is 10.9 Å². The smallest absolute Gasteiger partial charge is 0.262 e. The highest BCUT2D eigenvalue weighted by atomic mass is 79.9. The Morgan fingerprint density at radius 2 is 2.08 bits per heavy atom. The minimum Gasteiger partial charge on any atom is -0.338 e. The van der Waals surface area contributed by atoms with Crippen LogP contribution in [0.4, 0.5) is 0 Å². The van der Waals surface area contributed by atoms with Crippen LogP contribution in [0.2, 0.25) is 0 Å². The monoisotopic (exact) mass is 422 g/mol. The van der Waals surface area contributed by atoms with Gasteiger partial charge in [0.2, 0.25) is 5.89 Å². The number of fused-ring (bicyclic) bond motifs is 1. The van der Waals surface area contributed by atoms with E-state index in [1.807, 2.05) is 25.1 Å². The van der Waals surface area contributed by atoms with Crippen LogP contribution in [0, 0.1) is 0 Å². The first-order valence-electron chi connectivity index (χ1n) is 8.26. The number of aryl methyl sites for hydroxylation is 1. The lowest BCUT2D eigenvalue weighted by Crippen LogP contribution is -2.23. The third-order valence-corrected chi connectivity index (χ3v) is 5.09. The molecular formula is C17H19BrN4O2S. The van der Waals surface area contributed by atoms with Crippen molar-refractivity contribution in [3.63, 3.8) is 0 Å². The van der Waals surface area contributed by atoms with Gasteiger partial charge >= 0.3 is 0 Å². The second-order valence-corrected chi connectivity index (χ2v) is 7.51. The van der Waals surface area contributed by atoms with E-state index < -0.39 is 0 Å². The normalized spacial score (nSPS) is 11.3. The van der Waals surface area contributed by atoms with Gasteiger partial charge in [0, 0.05) is 17.4 Å². The van der Waals surface area contributed by atoms with Crippen molar-refractivity contribution in [1.82, 2.24) is 19.7 Å². The zero-order chi connectivity index (χ0) is 17.8. The molecule has 2 heterocycles. The lowest BCUT2D eigenvalue weighted by Gasteiger charge is -2.11. The van der Waals surface area contributed by atoms with E-state index in [0.29, 0.717) is 34.2 Å². The van der Waals surface area contributed by atoms with Crippen LogP contribution in [-0.4, -0.2) is 19.7 Å². The van der Waals surface area contributed by atoms with Crippen molar-refractivity contribution < 1.29 is 4.52 Å². The summed E-state index contributed by atoms with van der Waals surface area (Å²) >= 11 is 4.86. The molecule has 0 aliphatic heterocycles. The summed E-state index contributed by atoms with van der Waals surface area (Å²) in [4.78, 5) is 21.9. The summed E-state index contributed by atoms with van der Waals surface area (Å²) in [5, 5.41) is 5.26. The molecular weight excluding hydrogens is 404 g/mol. The predicted octanol–water partition coefficient (Wildman–Crippen LogP) is 4.20. The van der Waals surface area contributed by atoms with Crippen molar-refractivity contribution in [2.75, 3.05) is 0 Å². The highest BCUT2D eigenvalue weighted by molar-refractivity contribution is 9.10. The van der Waals surface area contributed by atoms with Gasteiger partial charge in [-0.1, -0.05) is 46.7 Å². The summed E-state index contributed by atoms with van der Waals surface area (Å²) in [5.41, 5.74) is 0.674. The van der Waals surface area contributed by atoms with E-state index in [-0.39, 0.29) is 5.56 Å². The maximum absolute atomic E-state index is 12.8. The fourth-order valence-corrected chi connectivity index (χ4v) is 3.73. The van der Waals surface area contributed by atoms with Crippen LogP contribution in [-0.2, 0) is 18.7 Å². The van der Waals surface area contributed by atoms with Crippen LogP contribution >= 0.6 is 27.7 Å². The first kappa shape index (κ1) is 18.1. The van der Waals surface area contributed by atoms with Crippen LogP contribution in [0.3, 0.4) is 0 Å². The van der Waals surface area contributed by atoms with Crippen molar-refractivity contribution in [2.45, 2.75) is 50.6 Å². The standard InChI is InChI=1S/C17H19BrN4O2S/c1-3-5-14-20-15(24-21-14)10-25-17-19-13-7-6-11(18)9-12(13)16(23)22(17)8-4-2/h6-7,9H,3-5,8,10H2,1-2H3. The molecule has 0 N–H and O–H groups in total. The molecule has 0 saturated carbocycles. The van der Waals surface area contributed by atoms with Gasteiger partial charge in [0.15, 0.2) is 11.0 Å². The van der Waals surface area contributed by atoms with E-state index in [0.717, 1.165) is 29.6 Å². The number of thioether (sulfide) groups is 1. The molecule has 0 radical (unpaired) electrons. The topological polar surface area (TPSA) is 73.8 Å². The van der Waals surface area contributed by atoms with Gasteiger partial charge in [-0.25, -0.2) is 4.98 Å². The molecule has 2 aromatic heterocycles. The molecule has 0 unspecified atom stereocenters. The van der Waals surface area contributed by atoms with Crippen molar-refractivity contribution in [3.05, 3.63) is 44.7 Å². The number of hydrogen-bond acceptors (Lipinski definition) is 6. The molecule has 25 heavy (non-hydrogen) atoms. The fourth-order valence-electron chi connectivity index (χ4n) is 2.50. The molecule has 0 spiro atoms. The second-order valence-electron chi connectivity index (χ2n) is 5.66. The van der Waals surface area contributed by atoms with Gasteiger partial charge in [-0.3, -0.25) is 9.36 Å². The Hall–Kier alpha value is -1.67. The highest BCUT2D eigenvalue weighted by Crippen LogP contribution is 2.23. The van der Waals surface area contributed by atoms with E-state index in [1.165, 1.54) is 11.8 Å². The van der Waals surface area contributed by atoms with E-state index in [1.54, 1.807) is 4.57 Å². The Labute approximate surface area is 158 Å². The molecule has 0 aliphatic rings. The summed E-state index contributed by atoms with van der Waals surface area (Å²) in [5.74, 6) is 1.77. The van der Waals surface area contributed by atoms with Gasteiger partial charge in [-0.05, 0) is 31.0 Å². The Balaban J connectivity index is 1.92. The third kappa shape index (κ3) is 4.12. The van der Waals surface area contributed by atoms with E-state index in [9.17, 15) is 4.79 Å². The molecule has 0 aliphatic carbocycles. The van der Waals surface area contributed by atoms with Crippen LogP contribution < -0.4 is 5.56 Å². The van der Waals surface area contributed by atoms with Crippen molar-refractivity contribution >= 4 is 38.6 Å². The molecule has 0 atom stereocenters. The molecule has 0 fully saturated rings. The van der Waals surface area contributed by atoms with Crippen LogP contribution in [0.5, 0.6) is 0 Å². The molecule has 3 rings (SSSR count). The summed E-state index contributed by atoms with van der Waals surface area (Å²) in [6.45, 7) is 4.74. The Bertz CT molecular complexity index is 938. The number of nitrogens with zero attached hydrogens (tertiary/aromatic N) is 4. The Morgan fingerprint density at radius 3 is 2.84 bits per heavy atom. The van der Waals surface area contributed by atoms with E-state index in [4.69, 9.17) is 4.52 Å². The Kier molecular flexibility index (Phi) is 5.90. The minimum absolute atomic E-state index is 0.0205. The Morgan fingerprint density at radius 1 is 1.24 bits per heavy atom. The lowest BCUT2D eigenvalue weighted by molar-refractivity contribution is 0.384. The third-order valence-electron chi connectivity index (χ3n) is 3.64. The summed E-state index contributed by atoms with van der Waals surface area (Å²) < 4.78 is 7.87. The molecule has 3 aromatic rings. The largest absolute Gasteiger partial charge is 0.338 e. The van der Waals surface area contributed by atoms with E-state index >= 15 is 0 Å². The molecule has 0 amide bonds. The molecule has 0 saturated heterocycles. The first-order chi connectivity index (χ1) is 12.1. The summed E-state index contributed by atoms with van der Waals surface area (Å²) in [6.07, 6.45) is 2.64. The van der Waals surface area contributed by atoms with Gasteiger partial charge in [0.05, 0.1) is 16.7 Å². The summed E-state index contributed by atoms with van der Waals surface area (Å²) in [6, 6.07) is 5.57. The molecule has 6 nitrogen and oxygen atoms in total. The maximum atomic E-state index is 12.8. The number of halogens is 1. The molecule has 1 aromatic carbocycles. The van der Waals surface area contributed by atoms with Crippen molar-refractivity contribution in [2.24, 2.45) is 0 Å². The van der Waals surface area contributed by atoms with Gasteiger partial charge in [0.1, 0.15) is 0 Å². The van der Waals surface area contributed by atoms with Gasteiger partial charge < -0.3 is 4.52 Å². The average molecular weight is 423 g/mol. The number of hydrogen-bond donors (Lipinski definition) is 0. The van der Waals surface area contributed by atoms with Crippen molar-refractivity contribution in [1.29, 1.82) is 0 Å². The van der Waals surface area contributed by atoms with Crippen molar-refractivity contribution in [3.8, 4) is 0 Å².